The van der Waals surface area contributed by atoms with Gasteiger partial charge in [-0.15, -0.1) is 0 Å². The van der Waals surface area contributed by atoms with Gasteiger partial charge in [-0.3, -0.25) is 10.1 Å². The number of para-hydroxylation sites is 1. The maximum Gasteiger partial charge on any atom is 0.283 e. The first-order valence-corrected chi connectivity index (χ1v) is 5.92. The van der Waals surface area contributed by atoms with E-state index in [4.69, 9.17) is 4.42 Å². The molecule has 2 rings (SSSR count). The van der Waals surface area contributed by atoms with Crippen LogP contribution in [0.3, 0.4) is 0 Å². The number of oxazole rings is 1. The van der Waals surface area contributed by atoms with E-state index in [0.29, 0.717) is 22.8 Å². The smallest absolute Gasteiger partial charge is 0.283 e. The highest BCUT2D eigenvalue weighted by Crippen LogP contribution is 2.33. The largest absolute Gasteiger partial charge is 0.439 e. The average Bonchev–Trinajstić information content (AvgIpc) is 2.86. The SMILES string of the molecule is CNC(C)c1ncc(-c2cccc(C)c2[N+](=O)[O-])o1. The van der Waals surface area contributed by atoms with Crippen molar-refractivity contribution in [2.75, 3.05) is 7.05 Å². The van der Waals surface area contributed by atoms with Crippen LogP contribution in [-0.2, 0) is 0 Å². The van der Waals surface area contributed by atoms with Crippen LogP contribution in [0, 0.1) is 17.0 Å². The molecule has 0 amide bonds. The van der Waals surface area contributed by atoms with Gasteiger partial charge in [0.15, 0.2) is 5.76 Å². The maximum atomic E-state index is 11.1. The van der Waals surface area contributed by atoms with Gasteiger partial charge in [0.1, 0.15) is 0 Å². The normalized spacial score (nSPS) is 12.4. The molecule has 2 aromatic rings. The van der Waals surface area contributed by atoms with E-state index in [0.717, 1.165) is 0 Å². The molecular formula is C13H15N3O3. The van der Waals surface area contributed by atoms with Gasteiger partial charge < -0.3 is 9.73 Å². The Morgan fingerprint density at radius 2 is 2.21 bits per heavy atom. The van der Waals surface area contributed by atoms with Crippen LogP contribution in [0.4, 0.5) is 5.69 Å². The van der Waals surface area contributed by atoms with Crippen molar-refractivity contribution in [3.05, 3.63) is 46.0 Å². The van der Waals surface area contributed by atoms with Gasteiger partial charge in [-0.2, -0.15) is 0 Å². The van der Waals surface area contributed by atoms with Crippen molar-refractivity contribution < 1.29 is 9.34 Å². The van der Waals surface area contributed by atoms with E-state index in [-0.39, 0.29) is 11.7 Å². The minimum atomic E-state index is -0.394. The Morgan fingerprint density at radius 1 is 1.47 bits per heavy atom. The van der Waals surface area contributed by atoms with Gasteiger partial charge in [0.05, 0.1) is 22.7 Å². The Labute approximate surface area is 110 Å². The maximum absolute atomic E-state index is 11.1. The number of hydrogen-bond acceptors (Lipinski definition) is 5. The predicted octanol–water partition coefficient (Wildman–Crippen LogP) is 2.84. The Hall–Kier alpha value is -2.21. The Balaban J connectivity index is 2.50. The lowest BCUT2D eigenvalue weighted by Gasteiger charge is -2.04. The monoisotopic (exact) mass is 261 g/mol. The molecule has 0 saturated heterocycles. The quantitative estimate of drug-likeness (QED) is 0.676. The molecular weight excluding hydrogens is 246 g/mol. The number of nitrogens with zero attached hydrogens (tertiary/aromatic N) is 2. The molecule has 0 aliphatic heterocycles. The van der Waals surface area contributed by atoms with Crippen LogP contribution >= 0.6 is 0 Å². The van der Waals surface area contributed by atoms with Gasteiger partial charge in [-0.1, -0.05) is 12.1 Å². The number of aromatic nitrogens is 1. The van der Waals surface area contributed by atoms with Gasteiger partial charge in [0.2, 0.25) is 5.89 Å². The summed E-state index contributed by atoms with van der Waals surface area (Å²) in [6.45, 7) is 3.61. The summed E-state index contributed by atoms with van der Waals surface area (Å²) in [4.78, 5) is 14.9. The molecule has 1 heterocycles. The molecule has 100 valence electrons. The topological polar surface area (TPSA) is 81.2 Å². The van der Waals surface area contributed by atoms with Crippen LogP contribution in [0.5, 0.6) is 0 Å². The van der Waals surface area contributed by atoms with E-state index in [2.05, 4.69) is 10.3 Å². The summed E-state index contributed by atoms with van der Waals surface area (Å²) >= 11 is 0. The van der Waals surface area contributed by atoms with E-state index in [1.807, 2.05) is 6.92 Å². The molecule has 1 atom stereocenters. The molecule has 1 unspecified atom stereocenters. The fourth-order valence-corrected chi connectivity index (χ4v) is 1.84. The van der Waals surface area contributed by atoms with Crippen LogP contribution in [0.15, 0.2) is 28.8 Å². The number of nitro benzene ring substituents is 1. The molecule has 0 bridgehead atoms. The summed E-state index contributed by atoms with van der Waals surface area (Å²) in [6.07, 6.45) is 1.52. The summed E-state index contributed by atoms with van der Waals surface area (Å²) in [6, 6.07) is 5.09. The second-order valence-corrected chi connectivity index (χ2v) is 4.30. The summed E-state index contributed by atoms with van der Waals surface area (Å²) < 4.78 is 5.59. The summed E-state index contributed by atoms with van der Waals surface area (Å²) in [5.41, 5.74) is 1.11. The van der Waals surface area contributed by atoms with Gasteiger partial charge in [-0.25, -0.2) is 4.98 Å². The van der Waals surface area contributed by atoms with E-state index in [9.17, 15) is 10.1 Å². The molecule has 1 N–H and O–H groups in total. The zero-order valence-electron chi connectivity index (χ0n) is 11.0. The lowest BCUT2D eigenvalue weighted by atomic mass is 10.1. The van der Waals surface area contributed by atoms with Crippen LogP contribution in [0.1, 0.15) is 24.4 Å². The molecule has 19 heavy (non-hydrogen) atoms. The number of rotatable bonds is 4. The first-order valence-electron chi connectivity index (χ1n) is 5.92. The third kappa shape index (κ3) is 2.48. The number of nitrogens with one attached hydrogen (secondary N) is 1. The molecule has 0 fully saturated rings. The van der Waals surface area contributed by atoms with E-state index in [1.165, 1.54) is 6.20 Å². The molecule has 0 aliphatic rings. The number of aryl methyl sites for hydroxylation is 1. The van der Waals surface area contributed by atoms with Crippen LogP contribution < -0.4 is 5.32 Å². The van der Waals surface area contributed by atoms with Crippen molar-refractivity contribution in [3.8, 4) is 11.3 Å². The summed E-state index contributed by atoms with van der Waals surface area (Å²) in [5.74, 6) is 0.917. The molecule has 6 nitrogen and oxygen atoms in total. The van der Waals surface area contributed by atoms with Gasteiger partial charge in [0, 0.05) is 5.56 Å². The molecule has 1 aromatic heterocycles. The van der Waals surface area contributed by atoms with E-state index < -0.39 is 4.92 Å². The summed E-state index contributed by atoms with van der Waals surface area (Å²) in [7, 11) is 1.80. The van der Waals surface area contributed by atoms with E-state index in [1.54, 1.807) is 32.2 Å². The van der Waals surface area contributed by atoms with Crippen molar-refractivity contribution in [1.82, 2.24) is 10.3 Å². The molecule has 0 saturated carbocycles. The van der Waals surface area contributed by atoms with Crippen LogP contribution in [0.2, 0.25) is 0 Å². The average molecular weight is 261 g/mol. The van der Waals surface area contributed by atoms with Crippen molar-refractivity contribution in [2.24, 2.45) is 0 Å². The molecule has 0 aliphatic carbocycles. The molecule has 0 radical (unpaired) electrons. The number of nitro groups is 1. The van der Waals surface area contributed by atoms with Crippen LogP contribution in [-0.4, -0.2) is 17.0 Å². The minimum Gasteiger partial charge on any atom is -0.439 e. The number of hydrogen-bond donors (Lipinski definition) is 1. The second kappa shape index (κ2) is 5.19. The highest BCUT2D eigenvalue weighted by Gasteiger charge is 2.21. The molecule has 1 aromatic carbocycles. The third-order valence-electron chi connectivity index (χ3n) is 3.01. The second-order valence-electron chi connectivity index (χ2n) is 4.30. The van der Waals surface area contributed by atoms with Crippen molar-refractivity contribution >= 4 is 5.69 Å². The highest BCUT2D eigenvalue weighted by atomic mass is 16.6. The fraction of sp³-hybridized carbons (Fsp3) is 0.308. The predicted molar refractivity (Wildman–Crippen MR) is 70.8 cm³/mol. The molecule has 6 heteroatoms. The zero-order valence-corrected chi connectivity index (χ0v) is 11.0. The fourth-order valence-electron chi connectivity index (χ4n) is 1.84. The Bertz CT molecular complexity index is 607. The van der Waals surface area contributed by atoms with Gasteiger partial charge >= 0.3 is 0 Å². The van der Waals surface area contributed by atoms with Crippen molar-refractivity contribution in [1.29, 1.82) is 0 Å². The van der Waals surface area contributed by atoms with Crippen molar-refractivity contribution in [2.45, 2.75) is 19.9 Å². The lowest BCUT2D eigenvalue weighted by molar-refractivity contribution is -0.384. The van der Waals surface area contributed by atoms with Crippen LogP contribution in [0.25, 0.3) is 11.3 Å². The Morgan fingerprint density at radius 3 is 2.84 bits per heavy atom. The molecule has 0 spiro atoms. The third-order valence-corrected chi connectivity index (χ3v) is 3.01. The Kier molecular flexibility index (Phi) is 3.62. The first kappa shape index (κ1) is 13.2. The summed E-state index contributed by atoms with van der Waals surface area (Å²) in [5, 5.41) is 14.1. The zero-order chi connectivity index (χ0) is 14.0. The standard InChI is InChI=1S/C13H15N3O3/c1-8-5-4-6-10(12(8)16(17)18)11-7-15-13(19-11)9(2)14-3/h4-7,9,14H,1-3H3. The minimum absolute atomic E-state index is 0.0439. The number of benzene rings is 1. The highest BCUT2D eigenvalue weighted by molar-refractivity contribution is 5.71. The van der Waals surface area contributed by atoms with Gasteiger partial charge in [-0.05, 0) is 27.0 Å². The van der Waals surface area contributed by atoms with Gasteiger partial charge in [0.25, 0.3) is 5.69 Å². The lowest BCUT2D eigenvalue weighted by Crippen LogP contribution is -2.12. The van der Waals surface area contributed by atoms with Crippen molar-refractivity contribution in [3.63, 3.8) is 0 Å². The first-order chi connectivity index (χ1) is 9.04. The van der Waals surface area contributed by atoms with E-state index >= 15 is 0 Å².